The Morgan fingerprint density at radius 3 is 2.59 bits per heavy atom. The van der Waals surface area contributed by atoms with Crippen LogP contribution < -0.4 is 4.90 Å². The van der Waals surface area contributed by atoms with Gasteiger partial charge in [-0.3, -0.25) is 14.5 Å². The van der Waals surface area contributed by atoms with Crippen molar-refractivity contribution in [3.05, 3.63) is 46.1 Å². The van der Waals surface area contributed by atoms with Gasteiger partial charge in [-0.15, -0.1) is 0 Å². The van der Waals surface area contributed by atoms with Crippen molar-refractivity contribution in [1.82, 2.24) is 4.98 Å². The highest BCUT2D eigenvalue weighted by Gasteiger charge is 2.15. The van der Waals surface area contributed by atoms with E-state index in [4.69, 9.17) is 11.6 Å². The van der Waals surface area contributed by atoms with Gasteiger partial charge in [0.15, 0.2) is 5.78 Å². The van der Waals surface area contributed by atoms with Crippen LogP contribution in [0.25, 0.3) is 0 Å². The molecule has 6 heteroatoms. The predicted molar refractivity (Wildman–Crippen MR) is 86.9 cm³/mol. The lowest BCUT2D eigenvalue weighted by molar-refractivity contribution is -0.113. The number of aliphatic hydroxyl groups excluding tert-OH is 1. The number of hydrogen-bond donors (Lipinski definition) is 1. The molecule has 0 unspecified atom stereocenters. The SMILES string of the molecule is CC/C(=C/C(O)=C(\C)C(C)=O)N(C=O)c1cc(Cl)ncc1C. The smallest absolute Gasteiger partial charge is 0.218 e. The Balaban J connectivity index is 3.37. The van der Waals surface area contributed by atoms with Crippen LogP contribution in [0, 0.1) is 6.92 Å². The third-order valence-electron chi connectivity index (χ3n) is 3.29. The minimum Gasteiger partial charge on any atom is -0.507 e. The van der Waals surface area contributed by atoms with E-state index in [0.717, 1.165) is 5.56 Å². The van der Waals surface area contributed by atoms with Crippen LogP contribution in [-0.4, -0.2) is 22.3 Å². The van der Waals surface area contributed by atoms with Crippen LogP contribution >= 0.6 is 11.6 Å². The van der Waals surface area contributed by atoms with Gasteiger partial charge in [-0.05, 0) is 38.8 Å². The molecule has 0 bridgehead atoms. The number of carbonyl (C=O) groups excluding carboxylic acids is 2. The number of ketones is 1. The second-order valence-electron chi connectivity index (χ2n) is 4.82. The Hall–Kier alpha value is -2.14. The number of anilines is 1. The summed E-state index contributed by atoms with van der Waals surface area (Å²) in [6.45, 7) is 6.55. The van der Waals surface area contributed by atoms with Crippen molar-refractivity contribution in [3.8, 4) is 0 Å². The number of aliphatic hydroxyl groups is 1. The molecular weight excluding hydrogens is 304 g/mol. The number of carbonyl (C=O) groups is 2. The number of aromatic nitrogens is 1. The molecule has 0 aliphatic rings. The lowest BCUT2D eigenvalue weighted by atomic mass is 10.1. The highest BCUT2D eigenvalue weighted by molar-refractivity contribution is 6.29. The summed E-state index contributed by atoms with van der Waals surface area (Å²) < 4.78 is 0. The zero-order valence-corrected chi connectivity index (χ0v) is 13.8. The van der Waals surface area contributed by atoms with Gasteiger partial charge in [0.1, 0.15) is 10.9 Å². The monoisotopic (exact) mass is 322 g/mol. The number of hydrogen-bond acceptors (Lipinski definition) is 4. The van der Waals surface area contributed by atoms with Gasteiger partial charge in [-0.2, -0.15) is 0 Å². The van der Waals surface area contributed by atoms with Crippen LogP contribution in [0.4, 0.5) is 5.69 Å². The first-order valence-electron chi connectivity index (χ1n) is 6.79. The first-order valence-corrected chi connectivity index (χ1v) is 7.17. The highest BCUT2D eigenvalue weighted by atomic mass is 35.5. The molecule has 0 aliphatic carbocycles. The minimum atomic E-state index is -0.231. The number of Topliss-reactive ketones (excluding diaryl/α,β-unsaturated/α-hetero) is 1. The molecule has 0 fully saturated rings. The normalized spacial score (nSPS) is 12.7. The van der Waals surface area contributed by atoms with Crippen LogP contribution in [0.1, 0.15) is 32.8 Å². The van der Waals surface area contributed by atoms with E-state index in [-0.39, 0.29) is 22.3 Å². The largest absolute Gasteiger partial charge is 0.507 e. The molecule has 0 radical (unpaired) electrons. The molecule has 1 N–H and O–H groups in total. The standard InChI is InChI=1S/C16H19ClN2O3/c1-5-13(6-15(22)11(3)12(4)21)19(9-20)14-7-16(17)18-8-10(14)2/h6-9,22H,5H2,1-4H3/b13-6-,15-11-. The molecule has 0 atom stereocenters. The average Bonchev–Trinajstić information content (AvgIpc) is 2.49. The van der Waals surface area contributed by atoms with E-state index in [1.807, 2.05) is 6.92 Å². The lowest BCUT2D eigenvalue weighted by Gasteiger charge is -2.22. The Bertz CT molecular complexity index is 651. The van der Waals surface area contributed by atoms with Crippen molar-refractivity contribution in [2.45, 2.75) is 34.1 Å². The fourth-order valence-corrected chi connectivity index (χ4v) is 1.97. The number of rotatable bonds is 6. The Morgan fingerprint density at radius 1 is 1.45 bits per heavy atom. The molecule has 1 rings (SSSR count). The zero-order valence-electron chi connectivity index (χ0n) is 13.1. The molecule has 5 nitrogen and oxygen atoms in total. The topological polar surface area (TPSA) is 70.5 Å². The minimum absolute atomic E-state index is 0.158. The van der Waals surface area contributed by atoms with Gasteiger partial charge >= 0.3 is 0 Å². The number of allylic oxidation sites excluding steroid dienone is 3. The van der Waals surface area contributed by atoms with Gasteiger partial charge in [0, 0.05) is 23.5 Å². The lowest BCUT2D eigenvalue weighted by Crippen LogP contribution is -2.21. The maximum absolute atomic E-state index is 11.5. The van der Waals surface area contributed by atoms with Gasteiger partial charge in [0.05, 0.1) is 5.69 Å². The van der Waals surface area contributed by atoms with E-state index in [9.17, 15) is 14.7 Å². The van der Waals surface area contributed by atoms with Crippen molar-refractivity contribution >= 4 is 29.5 Å². The maximum Gasteiger partial charge on any atom is 0.218 e. The number of pyridine rings is 1. The van der Waals surface area contributed by atoms with E-state index >= 15 is 0 Å². The molecule has 0 aliphatic heterocycles. The van der Waals surface area contributed by atoms with Gasteiger partial charge in [-0.1, -0.05) is 18.5 Å². The van der Waals surface area contributed by atoms with Crippen LogP contribution in [0.15, 0.2) is 35.4 Å². The first kappa shape index (κ1) is 17.9. The summed E-state index contributed by atoms with van der Waals surface area (Å²) in [6, 6.07) is 1.58. The molecule has 0 spiro atoms. The van der Waals surface area contributed by atoms with Crippen molar-refractivity contribution < 1.29 is 14.7 Å². The van der Waals surface area contributed by atoms with E-state index in [2.05, 4.69) is 4.98 Å². The summed E-state index contributed by atoms with van der Waals surface area (Å²) in [5.41, 5.74) is 2.12. The van der Waals surface area contributed by atoms with Crippen LogP contribution in [0.5, 0.6) is 0 Å². The molecule has 1 amide bonds. The molecule has 118 valence electrons. The summed E-state index contributed by atoms with van der Waals surface area (Å²) >= 11 is 5.89. The molecule has 1 aromatic rings. The van der Waals surface area contributed by atoms with Crippen molar-refractivity contribution in [2.75, 3.05) is 4.90 Å². The van der Waals surface area contributed by atoms with E-state index in [1.165, 1.54) is 24.8 Å². The third kappa shape index (κ3) is 4.18. The second kappa shape index (κ2) is 7.75. The number of halogens is 1. The summed E-state index contributed by atoms with van der Waals surface area (Å²) in [6.07, 6.45) is 4.11. The van der Waals surface area contributed by atoms with E-state index in [0.29, 0.717) is 24.2 Å². The summed E-state index contributed by atoms with van der Waals surface area (Å²) in [5, 5.41) is 10.3. The summed E-state index contributed by atoms with van der Waals surface area (Å²) in [7, 11) is 0. The Kier molecular flexibility index (Phi) is 6.31. The van der Waals surface area contributed by atoms with Crippen molar-refractivity contribution in [2.24, 2.45) is 0 Å². The molecule has 1 heterocycles. The van der Waals surface area contributed by atoms with Gasteiger partial charge in [0.25, 0.3) is 0 Å². The quantitative estimate of drug-likeness (QED) is 0.285. The van der Waals surface area contributed by atoms with Crippen LogP contribution in [0.3, 0.4) is 0 Å². The molecule has 0 saturated heterocycles. The predicted octanol–water partition coefficient (Wildman–Crippen LogP) is 3.72. The fourth-order valence-electron chi connectivity index (χ4n) is 1.82. The van der Waals surface area contributed by atoms with E-state index in [1.54, 1.807) is 19.2 Å². The number of amides is 1. The average molecular weight is 323 g/mol. The van der Waals surface area contributed by atoms with Crippen LogP contribution in [0.2, 0.25) is 5.15 Å². The number of aryl methyl sites for hydroxylation is 1. The first-order chi connectivity index (χ1) is 10.3. The zero-order chi connectivity index (χ0) is 16.9. The molecular formula is C16H19ClN2O3. The van der Waals surface area contributed by atoms with Gasteiger partial charge < -0.3 is 5.11 Å². The maximum atomic E-state index is 11.5. The van der Waals surface area contributed by atoms with E-state index < -0.39 is 0 Å². The van der Waals surface area contributed by atoms with Crippen molar-refractivity contribution in [1.29, 1.82) is 0 Å². The second-order valence-corrected chi connectivity index (χ2v) is 5.21. The van der Waals surface area contributed by atoms with Gasteiger partial charge in [-0.25, -0.2) is 4.98 Å². The Labute approximate surface area is 134 Å². The summed E-state index contributed by atoms with van der Waals surface area (Å²) in [5.74, 6) is -0.390. The molecule has 1 aromatic heterocycles. The number of nitrogens with zero attached hydrogens (tertiary/aromatic N) is 2. The Morgan fingerprint density at radius 2 is 2.09 bits per heavy atom. The summed E-state index contributed by atoms with van der Waals surface area (Å²) in [4.78, 5) is 28.2. The van der Waals surface area contributed by atoms with Crippen LogP contribution in [-0.2, 0) is 9.59 Å². The fraction of sp³-hybridized carbons (Fsp3) is 0.312. The molecule has 0 aromatic carbocycles. The third-order valence-corrected chi connectivity index (χ3v) is 3.50. The van der Waals surface area contributed by atoms with Crippen molar-refractivity contribution in [3.63, 3.8) is 0 Å². The molecule has 0 saturated carbocycles. The van der Waals surface area contributed by atoms with Gasteiger partial charge in [0.2, 0.25) is 6.41 Å². The highest BCUT2D eigenvalue weighted by Crippen LogP contribution is 2.26. The molecule has 22 heavy (non-hydrogen) atoms.